The van der Waals surface area contributed by atoms with E-state index in [1.807, 2.05) is 79.8 Å². The second-order valence-corrected chi connectivity index (χ2v) is 8.68. The first-order chi connectivity index (χ1) is 16.5. The lowest BCUT2D eigenvalue weighted by atomic mass is 10.1. The molecule has 0 saturated heterocycles. The number of fused-ring (bicyclic) bond motifs is 1. The smallest absolute Gasteiger partial charge is 0.228 e. The molecule has 0 fully saturated rings. The van der Waals surface area contributed by atoms with Crippen LogP contribution in [0.4, 0.5) is 11.5 Å². The van der Waals surface area contributed by atoms with Crippen LogP contribution >= 0.6 is 0 Å². The summed E-state index contributed by atoms with van der Waals surface area (Å²) in [6, 6.07) is 23.5. The highest BCUT2D eigenvalue weighted by Crippen LogP contribution is 2.26. The second-order valence-electron chi connectivity index (χ2n) is 8.68. The topological polar surface area (TPSA) is 73.5 Å². The summed E-state index contributed by atoms with van der Waals surface area (Å²) in [5, 5.41) is 11.5. The Hall–Kier alpha value is -3.84. The molecule has 7 heteroatoms. The minimum Gasteiger partial charge on any atom is -0.489 e. The molecule has 1 amide bonds. The Morgan fingerprint density at radius 1 is 0.941 bits per heavy atom. The molecule has 0 saturated carbocycles. The number of aromatic nitrogens is 2. The summed E-state index contributed by atoms with van der Waals surface area (Å²) in [4.78, 5) is 16.9. The Morgan fingerprint density at radius 2 is 1.71 bits per heavy atom. The Balaban J connectivity index is 1.35. The van der Waals surface area contributed by atoms with Crippen LogP contribution in [0.3, 0.4) is 0 Å². The van der Waals surface area contributed by atoms with Gasteiger partial charge >= 0.3 is 0 Å². The molecule has 34 heavy (non-hydrogen) atoms. The van der Waals surface area contributed by atoms with Crippen LogP contribution in [-0.4, -0.2) is 55.2 Å². The third kappa shape index (κ3) is 6.14. The number of nitrogens with zero attached hydrogens (tertiary/aromatic N) is 3. The van der Waals surface area contributed by atoms with Gasteiger partial charge in [0.1, 0.15) is 12.4 Å². The minimum absolute atomic E-state index is 0.0664. The largest absolute Gasteiger partial charge is 0.489 e. The molecule has 1 aromatic heterocycles. The van der Waals surface area contributed by atoms with Crippen LogP contribution in [0, 0.1) is 0 Å². The number of H-pyrrole nitrogens is 1. The predicted octanol–water partition coefficient (Wildman–Crippen LogP) is 4.32. The summed E-state index contributed by atoms with van der Waals surface area (Å²) in [5.41, 5.74) is 3.74. The Bertz CT molecular complexity index is 1220. The molecule has 0 spiro atoms. The number of hydrogen-bond donors (Lipinski definition) is 2. The van der Waals surface area contributed by atoms with Gasteiger partial charge in [0.2, 0.25) is 5.91 Å². The molecule has 3 aromatic carbocycles. The van der Waals surface area contributed by atoms with Gasteiger partial charge in [-0.3, -0.25) is 9.89 Å². The van der Waals surface area contributed by atoms with Gasteiger partial charge in [-0.1, -0.05) is 42.5 Å². The summed E-state index contributed by atoms with van der Waals surface area (Å²) >= 11 is 0. The summed E-state index contributed by atoms with van der Waals surface area (Å²) in [7, 11) is 6.13. The molecule has 0 atom stereocenters. The minimum atomic E-state index is -0.0664. The van der Waals surface area contributed by atoms with E-state index in [4.69, 9.17) is 4.74 Å². The highest BCUT2D eigenvalue weighted by atomic mass is 16.5. The maximum absolute atomic E-state index is 12.7. The van der Waals surface area contributed by atoms with Crippen molar-refractivity contribution in [2.75, 3.05) is 44.4 Å². The van der Waals surface area contributed by atoms with E-state index in [2.05, 4.69) is 39.4 Å². The average Bonchev–Trinajstić information content (AvgIpc) is 3.26. The van der Waals surface area contributed by atoms with Gasteiger partial charge in [0, 0.05) is 31.2 Å². The number of rotatable bonds is 10. The van der Waals surface area contributed by atoms with Crippen molar-refractivity contribution < 1.29 is 9.53 Å². The average molecular weight is 458 g/mol. The molecule has 0 aliphatic heterocycles. The van der Waals surface area contributed by atoms with Crippen molar-refractivity contribution in [3.63, 3.8) is 0 Å². The monoisotopic (exact) mass is 457 g/mol. The molecule has 4 rings (SSSR count). The first-order valence-corrected chi connectivity index (χ1v) is 11.4. The number of nitrogens with one attached hydrogen (secondary N) is 2. The molecule has 1 heterocycles. The number of hydrogen-bond acceptors (Lipinski definition) is 5. The number of amides is 1. The summed E-state index contributed by atoms with van der Waals surface area (Å²) < 4.78 is 5.83. The van der Waals surface area contributed by atoms with Crippen molar-refractivity contribution in [2.45, 2.75) is 13.0 Å². The van der Waals surface area contributed by atoms with Crippen LogP contribution in [0.15, 0.2) is 72.8 Å². The SMILES string of the molecule is CN(C)CCN(C)c1n[nH]c2ccc(NC(=O)Cc3ccc(OCc4ccccc4)cc3)cc12. The molecule has 4 aromatic rings. The van der Waals surface area contributed by atoms with E-state index in [9.17, 15) is 4.79 Å². The van der Waals surface area contributed by atoms with Crippen molar-refractivity contribution in [2.24, 2.45) is 0 Å². The van der Waals surface area contributed by atoms with Gasteiger partial charge in [-0.15, -0.1) is 0 Å². The molecular formula is C27H31N5O2. The fraction of sp³-hybridized carbons (Fsp3) is 0.259. The lowest BCUT2D eigenvalue weighted by Gasteiger charge is -2.19. The van der Waals surface area contributed by atoms with E-state index >= 15 is 0 Å². The van der Waals surface area contributed by atoms with Crippen molar-refractivity contribution in [1.82, 2.24) is 15.1 Å². The van der Waals surface area contributed by atoms with Crippen LogP contribution in [0.2, 0.25) is 0 Å². The van der Waals surface area contributed by atoms with Crippen LogP contribution < -0.4 is 15.0 Å². The second kappa shape index (κ2) is 10.9. The van der Waals surface area contributed by atoms with E-state index in [1.54, 1.807) is 0 Å². The van der Waals surface area contributed by atoms with Gasteiger partial charge in [-0.25, -0.2) is 0 Å². The fourth-order valence-corrected chi connectivity index (χ4v) is 3.66. The number of benzene rings is 3. The van der Waals surface area contributed by atoms with Crippen LogP contribution in [0.5, 0.6) is 5.75 Å². The van der Waals surface area contributed by atoms with E-state index in [-0.39, 0.29) is 12.3 Å². The third-order valence-corrected chi connectivity index (χ3v) is 5.61. The standard InChI is InChI=1S/C27H31N5O2/c1-31(2)15-16-32(3)27-24-18-22(11-14-25(24)29-30-27)28-26(33)17-20-9-12-23(13-10-20)34-19-21-7-5-4-6-8-21/h4-14,18H,15-17,19H2,1-3H3,(H,28,33)(H,29,30). The van der Waals surface area contributed by atoms with Gasteiger partial charge in [0.15, 0.2) is 5.82 Å². The number of carbonyl (C=O) groups is 1. The van der Waals surface area contributed by atoms with Crippen LogP contribution in [0.1, 0.15) is 11.1 Å². The quantitative estimate of drug-likeness (QED) is 0.371. The molecule has 0 bridgehead atoms. The molecule has 176 valence electrons. The van der Waals surface area contributed by atoms with Crippen LogP contribution in [-0.2, 0) is 17.8 Å². The van der Waals surface area contributed by atoms with Gasteiger partial charge in [0.05, 0.1) is 11.9 Å². The van der Waals surface area contributed by atoms with E-state index < -0.39 is 0 Å². The number of carbonyl (C=O) groups excluding carboxylic acids is 1. The Labute approximate surface area is 200 Å². The lowest BCUT2D eigenvalue weighted by molar-refractivity contribution is -0.115. The molecule has 0 aliphatic rings. The maximum atomic E-state index is 12.7. The predicted molar refractivity (Wildman–Crippen MR) is 137 cm³/mol. The highest BCUT2D eigenvalue weighted by molar-refractivity contribution is 5.97. The van der Waals surface area contributed by atoms with Crippen molar-refractivity contribution in [3.05, 3.63) is 83.9 Å². The lowest BCUT2D eigenvalue weighted by Crippen LogP contribution is -2.28. The molecule has 2 N–H and O–H groups in total. The van der Waals surface area contributed by atoms with Crippen molar-refractivity contribution >= 4 is 28.3 Å². The van der Waals surface area contributed by atoms with Gasteiger partial charge in [0.25, 0.3) is 0 Å². The summed E-state index contributed by atoms with van der Waals surface area (Å²) in [6.45, 7) is 2.30. The number of aromatic amines is 1. The molecule has 7 nitrogen and oxygen atoms in total. The summed E-state index contributed by atoms with van der Waals surface area (Å²) in [5.74, 6) is 1.59. The molecule has 0 aliphatic carbocycles. The highest BCUT2D eigenvalue weighted by Gasteiger charge is 2.12. The normalized spacial score (nSPS) is 11.1. The Morgan fingerprint density at radius 3 is 2.44 bits per heavy atom. The fourth-order valence-electron chi connectivity index (χ4n) is 3.66. The zero-order chi connectivity index (χ0) is 23.9. The zero-order valence-electron chi connectivity index (χ0n) is 19.9. The number of likely N-dealkylation sites (N-methyl/N-ethyl adjacent to an activating group) is 2. The van der Waals surface area contributed by atoms with Gasteiger partial charge < -0.3 is 19.9 Å². The van der Waals surface area contributed by atoms with Gasteiger partial charge in [-0.05, 0) is 55.6 Å². The molecule has 0 unspecified atom stereocenters. The number of ether oxygens (including phenoxy) is 1. The van der Waals surface area contributed by atoms with Gasteiger partial charge in [-0.2, -0.15) is 5.10 Å². The number of anilines is 2. The first-order valence-electron chi connectivity index (χ1n) is 11.4. The zero-order valence-corrected chi connectivity index (χ0v) is 19.9. The first kappa shape index (κ1) is 23.3. The van der Waals surface area contributed by atoms with Crippen molar-refractivity contribution in [1.29, 1.82) is 0 Å². The Kier molecular flexibility index (Phi) is 7.44. The summed E-state index contributed by atoms with van der Waals surface area (Å²) in [6.07, 6.45) is 0.290. The van der Waals surface area contributed by atoms with Crippen molar-refractivity contribution in [3.8, 4) is 5.75 Å². The van der Waals surface area contributed by atoms with E-state index in [0.717, 1.165) is 52.4 Å². The molecular weight excluding hydrogens is 426 g/mol. The van der Waals surface area contributed by atoms with E-state index in [0.29, 0.717) is 6.61 Å². The van der Waals surface area contributed by atoms with E-state index in [1.165, 1.54) is 0 Å². The van der Waals surface area contributed by atoms with Crippen LogP contribution in [0.25, 0.3) is 10.9 Å². The third-order valence-electron chi connectivity index (χ3n) is 5.61. The molecule has 0 radical (unpaired) electrons. The maximum Gasteiger partial charge on any atom is 0.228 e.